The number of imidazole rings is 1. The van der Waals surface area contributed by atoms with Gasteiger partial charge in [0.25, 0.3) is 0 Å². The second kappa shape index (κ2) is 5.67. The smallest absolute Gasteiger partial charge is 0.319 e. The highest BCUT2D eigenvalue weighted by atomic mass is 35.5. The summed E-state index contributed by atoms with van der Waals surface area (Å²) in [5.74, 6) is 0.204. The largest absolute Gasteiger partial charge is 0.377 e. The number of anilines is 1. The monoisotopic (exact) mass is 282 g/mol. The summed E-state index contributed by atoms with van der Waals surface area (Å²) < 4.78 is 26.0. The Morgan fingerprint density at radius 2 is 2.26 bits per heavy atom. The molecule has 0 spiro atoms. The van der Waals surface area contributed by atoms with Crippen LogP contribution in [0.5, 0.6) is 0 Å². The number of benzene rings is 1. The summed E-state index contributed by atoms with van der Waals surface area (Å²) in [5, 5.41) is 12.0. The molecule has 0 saturated carbocycles. The number of alkyl halides is 2. The number of aromatic nitrogens is 2. The number of rotatable bonds is 4. The van der Waals surface area contributed by atoms with Gasteiger partial charge in [-0.25, -0.2) is 4.98 Å². The molecule has 19 heavy (non-hydrogen) atoms. The summed E-state index contributed by atoms with van der Waals surface area (Å²) in [6.45, 7) is -2.51. The van der Waals surface area contributed by atoms with E-state index in [1.807, 2.05) is 6.07 Å². The SMILES string of the molecule is N#Cc1ccc(NCc2nccn2C(F)F)c(Cl)c1. The van der Waals surface area contributed by atoms with Gasteiger partial charge in [0, 0.05) is 12.4 Å². The number of halogens is 3. The van der Waals surface area contributed by atoms with E-state index in [1.54, 1.807) is 12.1 Å². The number of hydrogen-bond donors (Lipinski definition) is 1. The molecule has 0 aliphatic carbocycles. The maximum atomic E-state index is 12.6. The maximum absolute atomic E-state index is 12.6. The molecule has 1 heterocycles. The molecular formula is C12H9ClF2N4. The second-order valence-corrected chi connectivity index (χ2v) is 4.10. The van der Waals surface area contributed by atoms with Crippen LogP contribution in [0.1, 0.15) is 17.9 Å². The van der Waals surface area contributed by atoms with Crippen LogP contribution in [-0.2, 0) is 6.54 Å². The molecule has 0 saturated heterocycles. The summed E-state index contributed by atoms with van der Waals surface area (Å²) in [5.41, 5.74) is 0.995. The predicted molar refractivity (Wildman–Crippen MR) is 67.0 cm³/mol. The van der Waals surface area contributed by atoms with Crippen molar-refractivity contribution in [3.05, 3.63) is 47.0 Å². The van der Waals surface area contributed by atoms with E-state index in [4.69, 9.17) is 16.9 Å². The number of nitrogens with one attached hydrogen (secondary N) is 1. The van der Waals surface area contributed by atoms with Crippen molar-refractivity contribution in [2.24, 2.45) is 0 Å². The van der Waals surface area contributed by atoms with Crippen LogP contribution in [-0.4, -0.2) is 9.55 Å². The van der Waals surface area contributed by atoms with Crippen LogP contribution in [0.3, 0.4) is 0 Å². The van der Waals surface area contributed by atoms with Gasteiger partial charge >= 0.3 is 6.55 Å². The van der Waals surface area contributed by atoms with Crippen LogP contribution in [0.15, 0.2) is 30.6 Å². The van der Waals surface area contributed by atoms with Gasteiger partial charge < -0.3 is 5.32 Å². The van der Waals surface area contributed by atoms with Gasteiger partial charge in [-0.15, -0.1) is 0 Å². The lowest BCUT2D eigenvalue weighted by Gasteiger charge is -2.10. The van der Waals surface area contributed by atoms with Gasteiger partial charge in [0.15, 0.2) is 0 Å². The van der Waals surface area contributed by atoms with Crippen molar-refractivity contribution in [1.82, 2.24) is 9.55 Å². The van der Waals surface area contributed by atoms with Crippen molar-refractivity contribution < 1.29 is 8.78 Å². The van der Waals surface area contributed by atoms with Crippen LogP contribution < -0.4 is 5.32 Å². The lowest BCUT2D eigenvalue weighted by molar-refractivity contribution is 0.0673. The topological polar surface area (TPSA) is 53.6 Å². The average Bonchev–Trinajstić information content (AvgIpc) is 2.85. The maximum Gasteiger partial charge on any atom is 0.319 e. The number of nitriles is 1. The Morgan fingerprint density at radius 1 is 1.47 bits per heavy atom. The van der Waals surface area contributed by atoms with Crippen molar-refractivity contribution in [3.63, 3.8) is 0 Å². The normalized spacial score (nSPS) is 10.5. The summed E-state index contributed by atoms with van der Waals surface area (Å²) in [6.07, 6.45) is 2.52. The summed E-state index contributed by atoms with van der Waals surface area (Å²) in [7, 11) is 0. The highest BCUT2D eigenvalue weighted by Gasteiger charge is 2.11. The van der Waals surface area contributed by atoms with E-state index in [0.29, 0.717) is 16.3 Å². The van der Waals surface area contributed by atoms with Gasteiger partial charge in [0.1, 0.15) is 5.82 Å². The Balaban J connectivity index is 2.11. The van der Waals surface area contributed by atoms with E-state index in [9.17, 15) is 8.78 Å². The van der Waals surface area contributed by atoms with Crippen molar-refractivity contribution in [3.8, 4) is 6.07 Å². The summed E-state index contributed by atoms with van der Waals surface area (Å²) in [6, 6.07) is 6.68. The molecule has 0 aliphatic heterocycles. The molecule has 0 bridgehead atoms. The van der Waals surface area contributed by atoms with Gasteiger partial charge in [-0.05, 0) is 18.2 Å². The molecule has 98 valence electrons. The molecule has 1 aromatic carbocycles. The van der Waals surface area contributed by atoms with Crippen LogP contribution in [0.25, 0.3) is 0 Å². The summed E-state index contributed by atoms with van der Waals surface area (Å²) >= 11 is 5.96. The van der Waals surface area contributed by atoms with E-state index in [0.717, 1.165) is 4.57 Å². The molecular weight excluding hydrogens is 274 g/mol. The number of hydrogen-bond acceptors (Lipinski definition) is 3. The highest BCUT2D eigenvalue weighted by molar-refractivity contribution is 6.33. The predicted octanol–water partition coefficient (Wildman–Crippen LogP) is 3.42. The van der Waals surface area contributed by atoms with Gasteiger partial charge in [-0.2, -0.15) is 14.0 Å². The minimum atomic E-state index is -2.63. The van der Waals surface area contributed by atoms with Crippen molar-refractivity contribution in [2.75, 3.05) is 5.32 Å². The number of nitrogens with zero attached hydrogens (tertiary/aromatic N) is 3. The third-order valence-corrected chi connectivity index (χ3v) is 2.81. The first-order chi connectivity index (χ1) is 9.11. The quantitative estimate of drug-likeness (QED) is 0.935. The molecule has 0 atom stereocenters. The third kappa shape index (κ3) is 3.01. The Labute approximate surface area is 113 Å². The second-order valence-electron chi connectivity index (χ2n) is 3.69. The standard InChI is InChI=1S/C12H9ClF2N4/c13-9-5-8(6-16)1-2-10(9)18-7-11-17-3-4-19(11)12(14)15/h1-5,12,18H,7H2. The van der Waals surface area contributed by atoms with Crippen LogP contribution in [0.2, 0.25) is 5.02 Å². The zero-order chi connectivity index (χ0) is 13.8. The lowest BCUT2D eigenvalue weighted by Crippen LogP contribution is -2.09. The van der Waals surface area contributed by atoms with Gasteiger partial charge in [-0.1, -0.05) is 11.6 Å². The molecule has 0 unspecified atom stereocenters. The molecule has 1 N–H and O–H groups in total. The van der Waals surface area contributed by atoms with Crippen molar-refractivity contribution >= 4 is 17.3 Å². The Kier molecular flexibility index (Phi) is 3.97. The fourth-order valence-electron chi connectivity index (χ4n) is 1.56. The minimum absolute atomic E-state index is 0.114. The molecule has 2 rings (SSSR count). The zero-order valence-corrected chi connectivity index (χ0v) is 10.4. The van der Waals surface area contributed by atoms with Crippen LogP contribution in [0.4, 0.5) is 14.5 Å². The highest BCUT2D eigenvalue weighted by Crippen LogP contribution is 2.23. The first-order valence-corrected chi connectivity index (χ1v) is 5.73. The van der Waals surface area contributed by atoms with Crippen LogP contribution in [0, 0.1) is 11.3 Å². The van der Waals surface area contributed by atoms with Gasteiger partial charge in [0.05, 0.1) is 28.9 Å². The first-order valence-electron chi connectivity index (χ1n) is 5.35. The van der Waals surface area contributed by atoms with E-state index >= 15 is 0 Å². The van der Waals surface area contributed by atoms with E-state index in [-0.39, 0.29) is 12.4 Å². The average molecular weight is 283 g/mol. The van der Waals surface area contributed by atoms with E-state index in [1.165, 1.54) is 18.5 Å². The minimum Gasteiger partial charge on any atom is -0.377 e. The van der Waals surface area contributed by atoms with Gasteiger partial charge in [-0.3, -0.25) is 4.57 Å². The fraction of sp³-hybridized carbons (Fsp3) is 0.167. The first kappa shape index (κ1) is 13.3. The molecule has 4 nitrogen and oxygen atoms in total. The molecule has 0 fully saturated rings. The lowest BCUT2D eigenvalue weighted by atomic mass is 10.2. The van der Waals surface area contributed by atoms with Gasteiger partial charge in [0.2, 0.25) is 0 Å². The molecule has 2 aromatic rings. The fourth-order valence-corrected chi connectivity index (χ4v) is 1.81. The Morgan fingerprint density at radius 3 is 2.89 bits per heavy atom. The van der Waals surface area contributed by atoms with Crippen molar-refractivity contribution in [1.29, 1.82) is 5.26 Å². The Bertz CT molecular complexity index is 618. The summed E-state index contributed by atoms with van der Waals surface area (Å²) in [4.78, 5) is 3.84. The van der Waals surface area contributed by atoms with E-state index < -0.39 is 6.55 Å². The van der Waals surface area contributed by atoms with Crippen molar-refractivity contribution in [2.45, 2.75) is 13.1 Å². The Hall–Kier alpha value is -2.13. The molecule has 0 radical (unpaired) electrons. The molecule has 7 heteroatoms. The molecule has 1 aromatic heterocycles. The zero-order valence-electron chi connectivity index (χ0n) is 9.65. The third-order valence-electron chi connectivity index (χ3n) is 2.49. The van der Waals surface area contributed by atoms with Crippen LogP contribution >= 0.6 is 11.6 Å². The van der Waals surface area contributed by atoms with E-state index in [2.05, 4.69) is 10.3 Å². The molecule has 0 amide bonds. The molecule has 0 aliphatic rings.